The first-order chi connectivity index (χ1) is 25.3. The van der Waals surface area contributed by atoms with Crippen LogP contribution in [0.25, 0.3) is 6.08 Å². The molecule has 3 aromatic rings. The number of unbranched alkanes of at least 4 members (excludes halogenated alkanes) is 2. The van der Waals surface area contributed by atoms with Crippen LogP contribution in [0.3, 0.4) is 0 Å². The summed E-state index contributed by atoms with van der Waals surface area (Å²) < 4.78 is 0. The Morgan fingerprint density at radius 3 is 1.46 bits per heavy atom. The first-order valence-corrected chi connectivity index (χ1v) is 17.8. The van der Waals surface area contributed by atoms with Gasteiger partial charge >= 0.3 is 0 Å². The van der Waals surface area contributed by atoms with E-state index in [-0.39, 0.29) is 23.6 Å². The molecule has 0 fully saturated rings. The molecule has 10 heteroatoms. The second kappa shape index (κ2) is 18.7. The molecule has 0 radical (unpaired) electrons. The SMILES string of the molecule is CCCCN1C=C(NC(=O)c2ccc(NC(=O)C=Cc3ccc(C(=O)Nc4ccc(C(=O)NC5=CN(CCCC)CC=C5)cc4)cc3)cc2)C=CC1. The maximum Gasteiger partial charge on any atom is 0.255 e. The van der Waals surface area contributed by atoms with Gasteiger partial charge in [-0.2, -0.15) is 0 Å². The van der Waals surface area contributed by atoms with Crippen LogP contribution in [0.1, 0.15) is 76.2 Å². The Morgan fingerprint density at radius 2 is 1.00 bits per heavy atom. The molecular weight excluding hydrogens is 652 g/mol. The lowest BCUT2D eigenvalue weighted by molar-refractivity contribution is -0.111. The van der Waals surface area contributed by atoms with E-state index in [1.54, 1.807) is 78.9 Å². The summed E-state index contributed by atoms with van der Waals surface area (Å²) in [4.78, 5) is 55.3. The molecule has 3 aromatic carbocycles. The molecule has 0 saturated heterocycles. The maximum absolute atomic E-state index is 12.9. The van der Waals surface area contributed by atoms with E-state index in [1.807, 2.05) is 36.7 Å². The Balaban J connectivity index is 1.06. The lowest BCUT2D eigenvalue weighted by Gasteiger charge is -2.23. The zero-order valence-electron chi connectivity index (χ0n) is 29.7. The van der Waals surface area contributed by atoms with Gasteiger partial charge in [0.1, 0.15) is 0 Å². The highest BCUT2D eigenvalue weighted by molar-refractivity contribution is 6.05. The molecule has 4 amide bonds. The van der Waals surface area contributed by atoms with Crippen molar-refractivity contribution in [2.24, 2.45) is 0 Å². The number of nitrogens with zero attached hydrogens (tertiary/aromatic N) is 2. The zero-order chi connectivity index (χ0) is 36.7. The fourth-order valence-corrected chi connectivity index (χ4v) is 5.52. The van der Waals surface area contributed by atoms with Crippen LogP contribution in [-0.2, 0) is 4.79 Å². The van der Waals surface area contributed by atoms with Gasteiger partial charge in [-0.25, -0.2) is 0 Å². The lowest BCUT2D eigenvalue weighted by atomic mass is 10.1. The summed E-state index contributed by atoms with van der Waals surface area (Å²) in [6, 6.07) is 20.3. The number of allylic oxidation sites excluding steroid dienone is 2. The van der Waals surface area contributed by atoms with E-state index in [1.165, 1.54) is 6.08 Å². The van der Waals surface area contributed by atoms with E-state index in [4.69, 9.17) is 0 Å². The summed E-state index contributed by atoms with van der Waals surface area (Å²) in [5, 5.41) is 11.5. The number of benzene rings is 3. The van der Waals surface area contributed by atoms with Gasteiger partial charge in [0.15, 0.2) is 0 Å². The zero-order valence-corrected chi connectivity index (χ0v) is 29.7. The van der Waals surface area contributed by atoms with Crippen molar-refractivity contribution >= 4 is 41.1 Å². The van der Waals surface area contributed by atoms with E-state index in [9.17, 15) is 19.2 Å². The molecule has 0 atom stereocenters. The summed E-state index contributed by atoms with van der Waals surface area (Å²) in [5.74, 6) is -1.07. The number of hydrogen-bond donors (Lipinski definition) is 4. The van der Waals surface area contributed by atoms with E-state index in [0.29, 0.717) is 28.1 Å². The van der Waals surface area contributed by atoms with Crippen LogP contribution in [0.5, 0.6) is 0 Å². The molecule has 0 bridgehead atoms. The van der Waals surface area contributed by atoms with E-state index in [2.05, 4.69) is 44.9 Å². The van der Waals surface area contributed by atoms with Crippen molar-refractivity contribution in [1.29, 1.82) is 0 Å². The number of hydrogen-bond acceptors (Lipinski definition) is 6. The Bertz CT molecular complexity index is 1870. The van der Waals surface area contributed by atoms with Crippen LogP contribution < -0.4 is 21.3 Å². The molecule has 0 aromatic heterocycles. The number of carbonyl (C=O) groups is 4. The predicted molar refractivity (Wildman–Crippen MR) is 207 cm³/mol. The molecule has 0 unspecified atom stereocenters. The minimum absolute atomic E-state index is 0.221. The number of nitrogens with one attached hydrogen (secondary N) is 4. The summed E-state index contributed by atoms with van der Waals surface area (Å²) >= 11 is 0. The van der Waals surface area contributed by atoms with E-state index < -0.39 is 0 Å². The highest BCUT2D eigenvalue weighted by atomic mass is 16.2. The molecule has 10 nitrogen and oxygen atoms in total. The highest BCUT2D eigenvalue weighted by Crippen LogP contribution is 2.16. The second-order valence-electron chi connectivity index (χ2n) is 12.6. The quantitative estimate of drug-likeness (QED) is 0.126. The molecule has 4 N–H and O–H groups in total. The molecule has 2 aliphatic rings. The standard InChI is InChI=1S/C42H46N6O4/c1-3-5-25-47-27-7-9-37(29-47)45-41(51)33-16-20-35(21-17-33)43-39(49)24-13-31-11-14-32(15-12-31)40(50)44-36-22-18-34(19-23-36)42(52)46-38-10-8-28-48(30-38)26-6-4-2/h7-24,29-30H,3-6,25-28H2,1-2H3,(H,43,49)(H,44,50)(H,45,51)(H,46,52). The highest BCUT2D eigenvalue weighted by Gasteiger charge is 2.13. The molecule has 2 aliphatic heterocycles. The first kappa shape index (κ1) is 37.1. The Hall–Kier alpha value is -6.16. The fourth-order valence-electron chi connectivity index (χ4n) is 5.52. The second-order valence-corrected chi connectivity index (χ2v) is 12.6. The summed E-state index contributed by atoms with van der Waals surface area (Å²) in [7, 11) is 0. The molecule has 52 heavy (non-hydrogen) atoms. The van der Waals surface area contributed by atoms with Gasteiger partial charge in [0, 0.05) is 72.7 Å². The molecule has 0 aliphatic carbocycles. The van der Waals surface area contributed by atoms with Crippen LogP contribution in [0.15, 0.2) is 127 Å². The number of carbonyl (C=O) groups excluding carboxylic acids is 4. The first-order valence-electron chi connectivity index (χ1n) is 17.8. The minimum Gasteiger partial charge on any atom is -0.372 e. The van der Waals surface area contributed by atoms with Crippen LogP contribution in [0.2, 0.25) is 0 Å². The van der Waals surface area contributed by atoms with Gasteiger partial charge in [0.2, 0.25) is 5.91 Å². The smallest absolute Gasteiger partial charge is 0.255 e. The van der Waals surface area contributed by atoms with Crippen molar-refractivity contribution in [1.82, 2.24) is 20.4 Å². The average molecular weight is 699 g/mol. The Kier molecular flexibility index (Phi) is 13.4. The topological polar surface area (TPSA) is 123 Å². The third kappa shape index (κ3) is 11.2. The maximum atomic E-state index is 12.9. The molecule has 0 spiro atoms. The van der Waals surface area contributed by atoms with Crippen molar-refractivity contribution in [3.8, 4) is 0 Å². The number of anilines is 2. The third-order valence-corrected chi connectivity index (χ3v) is 8.45. The number of amides is 4. The largest absolute Gasteiger partial charge is 0.372 e. The molecule has 268 valence electrons. The van der Waals surface area contributed by atoms with Crippen LogP contribution in [0, 0.1) is 0 Å². The van der Waals surface area contributed by atoms with Gasteiger partial charge in [0.05, 0.1) is 11.4 Å². The predicted octanol–water partition coefficient (Wildman–Crippen LogP) is 7.08. The summed E-state index contributed by atoms with van der Waals surface area (Å²) in [5.41, 5.74) is 4.77. The van der Waals surface area contributed by atoms with Crippen molar-refractivity contribution < 1.29 is 19.2 Å². The van der Waals surface area contributed by atoms with Crippen LogP contribution in [0.4, 0.5) is 11.4 Å². The van der Waals surface area contributed by atoms with Crippen LogP contribution in [-0.4, -0.2) is 59.6 Å². The van der Waals surface area contributed by atoms with Gasteiger partial charge in [0.25, 0.3) is 17.7 Å². The van der Waals surface area contributed by atoms with Crippen molar-refractivity contribution in [2.75, 3.05) is 36.8 Å². The van der Waals surface area contributed by atoms with Gasteiger partial charge < -0.3 is 31.1 Å². The van der Waals surface area contributed by atoms with Gasteiger partial charge in [-0.1, -0.05) is 51.0 Å². The van der Waals surface area contributed by atoms with Crippen LogP contribution >= 0.6 is 0 Å². The van der Waals surface area contributed by atoms with Gasteiger partial charge in [-0.05, 0) is 97.3 Å². The van der Waals surface area contributed by atoms with Crippen molar-refractivity contribution in [3.63, 3.8) is 0 Å². The Labute approximate surface area is 305 Å². The fraction of sp³-hybridized carbons (Fsp3) is 0.238. The monoisotopic (exact) mass is 698 g/mol. The minimum atomic E-state index is -0.332. The van der Waals surface area contributed by atoms with Crippen molar-refractivity contribution in [2.45, 2.75) is 39.5 Å². The lowest BCUT2D eigenvalue weighted by Crippen LogP contribution is -2.28. The molecular formula is C42H46N6O4. The van der Waals surface area contributed by atoms with Gasteiger partial charge in [-0.3, -0.25) is 19.2 Å². The number of rotatable bonds is 15. The molecule has 0 saturated carbocycles. The van der Waals surface area contributed by atoms with Crippen molar-refractivity contribution in [3.05, 3.63) is 149 Å². The van der Waals surface area contributed by atoms with E-state index in [0.717, 1.165) is 68.8 Å². The Morgan fingerprint density at radius 1 is 0.577 bits per heavy atom. The third-order valence-electron chi connectivity index (χ3n) is 8.45. The summed E-state index contributed by atoms with van der Waals surface area (Å²) in [6.45, 7) is 7.87. The average Bonchev–Trinajstić information content (AvgIpc) is 3.16. The summed E-state index contributed by atoms with van der Waals surface area (Å²) in [6.07, 6.45) is 19.3. The van der Waals surface area contributed by atoms with E-state index >= 15 is 0 Å². The van der Waals surface area contributed by atoms with Gasteiger partial charge in [-0.15, -0.1) is 0 Å². The molecule has 5 rings (SSSR count). The molecule has 2 heterocycles. The normalized spacial score (nSPS) is 13.7.